The number of nitrogens with zero attached hydrogens (tertiary/aromatic N) is 2. The fraction of sp³-hybridized carbons (Fsp3) is 0.583. The summed E-state index contributed by atoms with van der Waals surface area (Å²) >= 11 is 0. The van der Waals surface area contributed by atoms with E-state index in [1.165, 1.54) is 25.2 Å². The van der Waals surface area contributed by atoms with Gasteiger partial charge in [-0.1, -0.05) is 12.7 Å². The maximum atomic E-state index is 13.7. The summed E-state index contributed by atoms with van der Waals surface area (Å²) in [5, 5.41) is 10.5. The highest BCUT2D eigenvalue weighted by Crippen LogP contribution is 2.42. The first kappa shape index (κ1) is 24.3. The molecule has 186 valence electrons. The summed E-state index contributed by atoms with van der Waals surface area (Å²) < 4.78 is 28.5. The van der Waals surface area contributed by atoms with Gasteiger partial charge in [-0.2, -0.15) is 0 Å². The van der Waals surface area contributed by atoms with Gasteiger partial charge in [-0.3, -0.25) is 4.79 Å². The third-order valence-corrected chi connectivity index (χ3v) is 6.40. The lowest BCUT2D eigenvalue weighted by Gasteiger charge is -2.43. The molecule has 0 radical (unpaired) electrons. The summed E-state index contributed by atoms with van der Waals surface area (Å²) in [6, 6.07) is 2.53. The number of piperidine rings is 1. The van der Waals surface area contributed by atoms with Crippen molar-refractivity contribution in [2.24, 2.45) is 0 Å². The summed E-state index contributed by atoms with van der Waals surface area (Å²) in [5.41, 5.74) is 0.534. The molecule has 4 rings (SSSR count). The van der Waals surface area contributed by atoms with E-state index >= 15 is 0 Å². The zero-order valence-electron chi connectivity index (χ0n) is 19.6. The van der Waals surface area contributed by atoms with Crippen molar-refractivity contribution in [3.8, 4) is 11.5 Å². The predicted octanol–water partition coefficient (Wildman–Crippen LogP) is 2.68. The molecule has 2 saturated heterocycles. The number of aliphatic hydroxyl groups is 1. The number of hydrogen-bond acceptors (Lipinski definition) is 8. The van der Waals surface area contributed by atoms with E-state index in [-0.39, 0.29) is 30.2 Å². The minimum Gasteiger partial charge on any atom is -0.493 e. The average molecular weight is 477 g/mol. The number of methoxy groups -OCH3 is 2. The van der Waals surface area contributed by atoms with Gasteiger partial charge in [0.2, 0.25) is 0 Å². The normalized spacial score (nSPS) is 26.7. The first-order valence-corrected chi connectivity index (χ1v) is 11.6. The first-order chi connectivity index (χ1) is 16.5. The van der Waals surface area contributed by atoms with Gasteiger partial charge in [-0.05, 0) is 38.2 Å². The molecule has 3 aliphatic rings. The number of ether oxygens (including phenoxy) is 5. The Hall–Kier alpha value is -2.82. The van der Waals surface area contributed by atoms with Crippen molar-refractivity contribution < 1.29 is 38.4 Å². The van der Waals surface area contributed by atoms with Crippen molar-refractivity contribution in [2.45, 2.75) is 56.8 Å². The third-order valence-electron chi connectivity index (χ3n) is 6.40. The lowest BCUT2D eigenvalue weighted by Crippen LogP contribution is -2.59. The highest BCUT2D eigenvalue weighted by Gasteiger charge is 2.48. The minimum atomic E-state index is -0.946. The van der Waals surface area contributed by atoms with Gasteiger partial charge in [-0.15, -0.1) is 0 Å². The molecule has 0 aliphatic carbocycles. The second kappa shape index (κ2) is 10.6. The van der Waals surface area contributed by atoms with Crippen LogP contribution in [0.25, 0.3) is 0 Å². The Morgan fingerprint density at radius 3 is 2.68 bits per heavy atom. The zero-order valence-corrected chi connectivity index (χ0v) is 19.6. The van der Waals surface area contributed by atoms with E-state index in [2.05, 4.69) is 6.58 Å². The van der Waals surface area contributed by atoms with Crippen LogP contribution in [0.15, 0.2) is 24.8 Å². The quantitative estimate of drug-likeness (QED) is 0.625. The van der Waals surface area contributed by atoms with Crippen molar-refractivity contribution >= 4 is 17.7 Å². The van der Waals surface area contributed by atoms with Crippen LogP contribution in [0.5, 0.6) is 11.5 Å². The second-order valence-corrected chi connectivity index (χ2v) is 8.53. The Balaban J connectivity index is 1.86. The minimum absolute atomic E-state index is 0.0183. The van der Waals surface area contributed by atoms with Crippen LogP contribution in [-0.2, 0) is 14.2 Å². The van der Waals surface area contributed by atoms with Gasteiger partial charge >= 0.3 is 6.09 Å². The molecule has 34 heavy (non-hydrogen) atoms. The van der Waals surface area contributed by atoms with Crippen molar-refractivity contribution in [3.05, 3.63) is 30.4 Å². The van der Waals surface area contributed by atoms with E-state index in [4.69, 9.17) is 23.7 Å². The van der Waals surface area contributed by atoms with E-state index in [9.17, 15) is 14.7 Å². The van der Waals surface area contributed by atoms with Gasteiger partial charge in [0, 0.05) is 19.2 Å². The van der Waals surface area contributed by atoms with Gasteiger partial charge in [0.05, 0.1) is 37.6 Å². The molecule has 3 aliphatic heterocycles. The van der Waals surface area contributed by atoms with Crippen LogP contribution in [0, 0.1) is 0 Å². The lowest BCUT2D eigenvalue weighted by molar-refractivity contribution is -0.201. The Morgan fingerprint density at radius 2 is 2.00 bits per heavy atom. The SMILES string of the molecule is C=CCOC(=O)N1c2cc(OC)c(OC)cc2C(=O)N2CC[C@@H](O)C[C@H]2C1OC1CCCCO1. The first-order valence-electron chi connectivity index (χ1n) is 11.6. The number of carbonyl (C=O) groups is 2. The number of aliphatic hydroxyl groups excluding tert-OH is 1. The molecule has 0 saturated carbocycles. The Bertz CT molecular complexity index is 916. The molecule has 0 bridgehead atoms. The number of rotatable bonds is 6. The van der Waals surface area contributed by atoms with Gasteiger partial charge < -0.3 is 33.7 Å². The fourth-order valence-electron chi connectivity index (χ4n) is 4.73. The largest absolute Gasteiger partial charge is 0.493 e. The van der Waals surface area contributed by atoms with E-state index in [1.807, 2.05) is 0 Å². The molecule has 0 spiro atoms. The van der Waals surface area contributed by atoms with Crippen molar-refractivity contribution in [3.63, 3.8) is 0 Å². The monoisotopic (exact) mass is 476 g/mol. The zero-order chi connectivity index (χ0) is 24.2. The van der Waals surface area contributed by atoms with Crippen LogP contribution in [0.3, 0.4) is 0 Å². The molecule has 1 aromatic carbocycles. The van der Waals surface area contributed by atoms with Crippen LogP contribution < -0.4 is 14.4 Å². The Labute approximate surface area is 198 Å². The van der Waals surface area contributed by atoms with Gasteiger partial charge in [0.25, 0.3) is 5.91 Å². The number of amides is 2. The molecule has 2 amide bonds. The van der Waals surface area contributed by atoms with E-state index in [0.29, 0.717) is 37.5 Å². The summed E-state index contributed by atoms with van der Waals surface area (Å²) in [4.78, 5) is 30.1. The molecular formula is C24H32N2O8. The van der Waals surface area contributed by atoms with E-state index < -0.39 is 30.8 Å². The maximum absolute atomic E-state index is 13.7. The van der Waals surface area contributed by atoms with Crippen molar-refractivity contribution in [2.75, 3.05) is 38.9 Å². The summed E-state index contributed by atoms with van der Waals surface area (Å²) in [5.74, 6) is 0.422. The van der Waals surface area contributed by atoms with Crippen molar-refractivity contribution in [1.82, 2.24) is 4.90 Å². The maximum Gasteiger partial charge on any atom is 0.416 e. The van der Waals surface area contributed by atoms with E-state index in [0.717, 1.165) is 12.8 Å². The smallest absolute Gasteiger partial charge is 0.416 e. The summed E-state index contributed by atoms with van der Waals surface area (Å²) in [6.07, 6.45) is 1.83. The van der Waals surface area contributed by atoms with Crippen molar-refractivity contribution in [1.29, 1.82) is 0 Å². The third kappa shape index (κ3) is 4.70. The highest BCUT2D eigenvalue weighted by atomic mass is 16.7. The molecule has 10 nitrogen and oxygen atoms in total. The number of benzene rings is 1. The number of anilines is 1. The Morgan fingerprint density at radius 1 is 1.24 bits per heavy atom. The molecular weight excluding hydrogens is 444 g/mol. The number of fused-ring (bicyclic) bond motifs is 2. The van der Waals surface area contributed by atoms with Gasteiger partial charge in [0.15, 0.2) is 24.0 Å². The van der Waals surface area contributed by atoms with Gasteiger partial charge in [0.1, 0.15) is 6.61 Å². The van der Waals surface area contributed by atoms with Crippen LogP contribution in [0.4, 0.5) is 10.5 Å². The fourth-order valence-corrected chi connectivity index (χ4v) is 4.73. The molecule has 1 aromatic rings. The molecule has 4 atom stereocenters. The molecule has 0 aromatic heterocycles. The molecule has 10 heteroatoms. The molecule has 2 unspecified atom stereocenters. The average Bonchev–Trinajstić information content (AvgIpc) is 2.95. The molecule has 3 heterocycles. The summed E-state index contributed by atoms with van der Waals surface area (Å²) in [6.45, 7) is 4.46. The van der Waals surface area contributed by atoms with Crippen LogP contribution in [0.1, 0.15) is 42.5 Å². The Kier molecular flexibility index (Phi) is 7.60. The number of carbonyl (C=O) groups excluding carboxylic acids is 2. The predicted molar refractivity (Wildman–Crippen MR) is 122 cm³/mol. The van der Waals surface area contributed by atoms with Gasteiger partial charge in [-0.25, -0.2) is 9.69 Å². The van der Waals surface area contributed by atoms with Crippen LogP contribution >= 0.6 is 0 Å². The second-order valence-electron chi connectivity index (χ2n) is 8.53. The number of hydrogen-bond donors (Lipinski definition) is 1. The molecule has 2 fully saturated rings. The highest BCUT2D eigenvalue weighted by molar-refractivity contribution is 6.06. The topological polar surface area (TPSA) is 107 Å². The molecule has 1 N–H and O–H groups in total. The van der Waals surface area contributed by atoms with Crippen LogP contribution in [-0.4, -0.2) is 80.6 Å². The standard InChI is InChI=1S/C24H32N2O8/c1-4-10-33-24(29)26-17-14-20(31-3)19(30-2)13-16(17)22(28)25-9-8-15(27)12-18(25)23(26)34-21-7-5-6-11-32-21/h4,13-15,18,21,23,27H,1,5-12H2,2-3H3/t15-,18+,21?,23?/m1/s1. The van der Waals surface area contributed by atoms with Crippen LogP contribution in [0.2, 0.25) is 0 Å². The lowest BCUT2D eigenvalue weighted by atomic mass is 9.97. The summed E-state index contributed by atoms with van der Waals surface area (Å²) in [7, 11) is 2.96. The van der Waals surface area contributed by atoms with E-state index in [1.54, 1.807) is 17.0 Å².